The molecule has 0 N–H and O–H groups in total. The Labute approximate surface area is 130 Å². The molecule has 0 bridgehead atoms. The molecule has 0 aromatic heterocycles. The van der Waals surface area contributed by atoms with E-state index in [0.717, 1.165) is 33.5 Å². The number of rotatable bonds is 2. The fourth-order valence-corrected chi connectivity index (χ4v) is 2.75. The van der Waals surface area contributed by atoms with Crippen LogP contribution in [0.25, 0.3) is 6.08 Å². The van der Waals surface area contributed by atoms with Gasteiger partial charge in [-0.05, 0) is 41.8 Å². The van der Waals surface area contributed by atoms with Crippen molar-refractivity contribution in [3.05, 3.63) is 70.3 Å². The van der Waals surface area contributed by atoms with E-state index in [4.69, 9.17) is 5.26 Å². The summed E-state index contributed by atoms with van der Waals surface area (Å²) in [5, 5.41) is 8.93. The number of aryl methyl sites for hydroxylation is 1. The van der Waals surface area contributed by atoms with Crippen LogP contribution in [0.2, 0.25) is 0 Å². The zero-order valence-corrected chi connectivity index (χ0v) is 12.6. The standard InChI is InChI=1S/C19H16N2O/c1-13-9-17(21(2)12-20)8-7-14(13)10-16-11-15-5-3-4-6-18(15)19(16)22/h3-10H,11H2,1-2H3/b16-10-. The third kappa shape index (κ3) is 2.40. The van der Waals surface area contributed by atoms with E-state index in [1.165, 1.54) is 4.90 Å². The van der Waals surface area contributed by atoms with Crippen molar-refractivity contribution in [1.29, 1.82) is 5.26 Å². The number of hydrogen-bond acceptors (Lipinski definition) is 3. The van der Waals surface area contributed by atoms with Crippen LogP contribution in [0.3, 0.4) is 0 Å². The number of ketones is 1. The van der Waals surface area contributed by atoms with Crippen LogP contribution < -0.4 is 4.90 Å². The topological polar surface area (TPSA) is 44.1 Å². The summed E-state index contributed by atoms with van der Waals surface area (Å²) in [4.78, 5) is 13.9. The highest BCUT2D eigenvalue weighted by atomic mass is 16.1. The average Bonchev–Trinajstić information content (AvgIpc) is 2.85. The first-order valence-electron chi connectivity index (χ1n) is 7.17. The molecule has 0 saturated heterocycles. The van der Waals surface area contributed by atoms with Gasteiger partial charge in [-0.3, -0.25) is 9.69 Å². The van der Waals surface area contributed by atoms with Gasteiger partial charge in [-0.1, -0.05) is 30.3 Å². The molecule has 3 nitrogen and oxygen atoms in total. The minimum Gasteiger partial charge on any atom is -0.289 e. The van der Waals surface area contributed by atoms with Crippen molar-refractivity contribution in [1.82, 2.24) is 0 Å². The summed E-state index contributed by atoms with van der Waals surface area (Å²) in [5.74, 6) is 0.119. The second kappa shape index (κ2) is 5.50. The van der Waals surface area contributed by atoms with E-state index < -0.39 is 0 Å². The molecule has 2 aromatic carbocycles. The number of carbonyl (C=O) groups is 1. The largest absolute Gasteiger partial charge is 0.289 e. The monoisotopic (exact) mass is 288 g/mol. The van der Waals surface area contributed by atoms with E-state index in [-0.39, 0.29) is 5.78 Å². The van der Waals surface area contributed by atoms with Gasteiger partial charge in [0.25, 0.3) is 0 Å². The van der Waals surface area contributed by atoms with Crippen molar-refractivity contribution in [3.8, 4) is 6.19 Å². The van der Waals surface area contributed by atoms with E-state index in [9.17, 15) is 4.79 Å². The number of allylic oxidation sites excluding steroid dienone is 1. The van der Waals surface area contributed by atoms with Crippen LogP contribution in [0.4, 0.5) is 5.69 Å². The van der Waals surface area contributed by atoms with Gasteiger partial charge in [0, 0.05) is 24.6 Å². The van der Waals surface area contributed by atoms with Crippen molar-refractivity contribution in [2.45, 2.75) is 13.3 Å². The summed E-state index contributed by atoms with van der Waals surface area (Å²) in [6, 6.07) is 13.6. The van der Waals surface area contributed by atoms with Gasteiger partial charge in [-0.15, -0.1) is 0 Å². The van der Waals surface area contributed by atoms with E-state index in [1.807, 2.05) is 55.5 Å². The molecule has 0 radical (unpaired) electrons. The molecular weight excluding hydrogens is 272 g/mol. The van der Waals surface area contributed by atoms with Gasteiger partial charge in [0.1, 0.15) is 0 Å². The van der Waals surface area contributed by atoms with E-state index in [0.29, 0.717) is 6.42 Å². The van der Waals surface area contributed by atoms with Crippen LogP contribution in [0.5, 0.6) is 0 Å². The highest BCUT2D eigenvalue weighted by Crippen LogP contribution is 2.28. The van der Waals surface area contributed by atoms with Gasteiger partial charge in [-0.25, -0.2) is 0 Å². The Hall–Kier alpha value is -2.86. The van der Waals surface area contributed by atoms with Crippen LogP contribution in [-0.2, 0) is 6.42 Å². The number of anilines is 1. The first-order chi connectivity index (χ1) is 10.6. The molecule has 1 aliphatic carbocycles. The Morgan fingerprint density at radius 3 is 2.68 bits per heavy atom. The Bertz CT molecular complexity index is 828. The summed E-state index contributed by atoms with van der Waals surface area (Å²) >= 11 is 0. The first-order valence-corrected chi connectivity index (χ1v) is 7.17. The third-order valence-electron chi connectivity index (χ3n) is 4.05. The predicted octanol–water partition coefficient (Wildman–Crippen LogP) is 3.73. The van der Waals surface area contributed by atoms with Crippen LogP contribution in [0.1, 0.15) is 27.0 Å². The second-order valence-electron chi connectivity index (χ2n) is 5.53. The van der Waals surface area contributed by atoms with Gasteiger partial charge in [0.15, 0.2) is 12.0 Å². The molecule has 0 aliphatic heterocycles. The Kier molecular flexibility index (Phi) is 3.52. The average molecular weight is 288 g/mol. The smallest absolute Gasteiger partial charge is 0.189 e. The summed E-state index contributed by atoms with van der Waals surface area (Å²) in [5.41, 5.74) is 5.65. The SMILES string of the molecule is Cc1cc(N(C)C#N)ccc1/C=C1/Cc2ccccc2C1=O. The number of carbonyl (C=O) groups excluding carboxylic acids is 1. The van der Waals surface area contributed by atoms with Crippen LogP contribution in [-0.4, -0.2) is 12.8 Å². The molecule has 108 valence electrons. The van der Waals surface area contributed by atoms with Gasteiger partial charge in [0.2, 0.25) is 0 Å². The van der Waals surface area contributed by atoms with Crippen LogP contribution >= 0.6 is 0 Å². The number of benzene rings is 2. The Morgan fingerprint density at radius 2 is 2.00 bits per heavy atom. The maximum absolute atomic E-state index is 12.4. The summed E-state index contributed by atoms with van der Waals surface area (Å²) in [6.45, 7) is 1.99. The molecule has 0 fully saturated rings. The number of nitrogens with zero attached hydrogens (tertiary/aromatic N) is 2. The van der Waals surface area contributed by atoms with Crippen molar-refractivity contribution in [3.63, 3.8) is 0 Å². The Morgan fingerprint density at radius 1 is 1.23 bits per heavy atom. The number of fused-ring (bicyclic) bond motifs is 1. The van der Waals surface area contributed by atoms with Crippen molar-refractivity contribution in [2.75, 3.05) is 11.9 Å². The molecular formula is C19H16N2O. The highest BCUT2D eigenvalue weighted by Gasteiger charge is 2.24. The molecule has 0 saturated carbocycles. The molecule has 0 unspecified atom stereocenters. The van der Waals surface area contributed by atoms with E-state index >= 15 is 0 Å². The van der Waals surface area contributed by atoms with Crippen molar-refractivity contribution >= 4 is 17.5 Å². The highest BCUT2D eigenvalue weighted by molar-refractivity contribution is 6.15. The fraction of sp³-hybridized carbons (Fsp3) is 0.158. The van der Waals surface area contributed by atoms with Gasteiger partial charge in [-0.2, -0.15) is 5.26 Å². The maximum atomic E-state index is 12.4. The molecule has 1 aliphatic rings. The van der Waals surface area contributed by atoms with E-state index in [1.54, 1.807) is 7.05 Å². The zero-order valence-electron chi connectivity index (χ0n) is 12.6. The molecule has 22 heavy (non-hydrogen) atoms. The van der Waals surface area contributed by atoms with Gasteiger partial charge >= 0.3 is 0 Å². The molecule has 0 spiro atoms. The summed E-state index contributed by atoms with van der Waals surface area (Å²) in [7, 11) is 1.73. The Balaban J connectivity index is 1.95. The summed E-state index contributed by atoms with van der Waals surface area (Å²) in [6.07, 6.45) is 4.74. The van der Waals surface area contributed by atoms with Crippen molar-refractivity contribution < 1.29 is 4.79 Å². The molecule has 0 atom stereocenters. The van der Waals surface area contributed by atoms with Gasteiger partial charge in [0.05, 0.1) is 5.69 Å². The fourth-order valence-electron chi connectivity index (χ4n) is 2.75. The molecule has 2 aromatic rings. The van der Waals surface area contributed by atoms with Crippen molar-refractivity contribution in [2.24, 2.45) is 0 Å². The number of hydrogen-bond donors (Lipinski definition) is 0. The second-order valence-corrected chi connectivity index (χ2v) is 5.53. The quantitative estimate of drug-likeness (QED) is 0.480. The summed E-state index contributed by atoms with van der Waals surface area (Å²) < 4.78 is 0. The lowest BCUT2D eigenvalue weighted by molar-refractivity contribution is 0.104. The number of nitriles is 1. The van der Waals surface area contributed by atoms with Gasteiger partial charge < -0.3 is 0 Å². The van der Waals surface area contributed by atoms with E-state index in [2.05, 4.69) is 6.19 Å². The first kappa shape index (κ1) is 14.1. The lowest BCUT2D eigenvalue weighted by Crippen LogP contribution is -2.08. The molecule has 0 heterocycles. The maximum Gasteiger partial charge on any atom is 0.189 e. The lowest BCUT2D eigenvalue weighted by atomic mass is 10.0. The molecule has 3 rings (SSSR count). The van der Waals surface area contributed by atoms with Crippen LogP contribution in [0.15, 0.2) is 48.0 Å². The minimum atomic E-state index is 0.119. The normalized spacial score (nSPS) is 14.8. The third-order valence-corrected chi connectivity index (χ3v) is 4.05. The zero-order chi connectivity index (χ0) is 15.7. The number of Topliss-reactive ketones (excluding diaryl/α,β-unsaturated/α-hetero) is 1. The lowest BCUT2D eigenvalue weighted by Gasteiger charge is -2.11. The molecule has 3 heteroatoms. The molecule has 0 amide bonds. The predicted molar refractivity (Wildman–Crippen MR) is 87.6 cm³/mol. The minimum absolute atomic E-state index is 0.119. The van der Waals surface area contributed by atoms with Crippen LogP contribution in [0, 0.1) is 18.4 Å².